The smallest absolute Gasteiger partial charge is 0.0863 e. The molecule has 16 heavy (non-hydrogen) atoms. The minimum Gasteiger partial charge on any atom is -0.390 e. The lowest BCUT2D eigenvalue weighted by Crippen LogP contribution is -2.23. The molecule has 0 radical (unpaired) electrons. The molecule has 1 N–H and O–H groups in total. The lowest BCUT2D eigenvalue weighted by Gasteiger charge is -2.16. The van der Waals surface area contributed by atoms with E-state index in [1.165, 1.54) is 0 Å². The topological polar surface area (TPSA) is 47.9 Å². The first-order valence-corrected chi connectivity index (χ1v) is 6.77. The van der Waals surface area contributed by atoms with Crippen molar-refractivity contribution in [2.75, 3.05) is 39.3 Å². The van der Waals surface area contributed by atoms with Gasteiger partial charge in [0.15, 0.2) is 0 Å². The van der Waals surface area contributed by atoms with Crippen LogP contribution in [0.2, 0.25) is 0 Å². The van der Waals surface area contributed by atoms with Gasteiger partial charge in [-0.15, -0.1) is 0 Å². The Hall–Kier alpha value is 0.190. The average molecular weight is 250 g/mol. The van der Waals surface area contributed by atoms with Crippen molar-refractivity contribution in [2.45, 2.75) is 30.8 Å². The summed E-state index contributed by atoms with van der Waals surface area (Å²) >= 11 is 1.78. The van der Waals surface area contributed by atoms with Gasteiger partial charge in [0.1, 0.15) is 0 Å². The highest BCUT2D eigenvalue weighted by atomic mass is 32.2. The van der Waals surface area contributed by atoms with Crippen LogP contribution in [0.25, 0.3) is 0 Å². The van der Waals surface area contributed by atoms with E-state index in [0.29, 0.717) is 36.9 Å². The van der Waals surface area contributed by atoms with E-state index in [0.717, 1.165) is 13.0 Å². The maximum Gasteiger partial charge on any atom is 0.0863 e. The number of hydrogen-bond donors (Lipinski definition) is 1. The van der Waals surface area contributed by atoms with Gasteiger partial charge in [-0.1, -0.05) is 0 Å². The Labute approximate surface area is 102 Å². The number of thioether (sulfide) groups is 1. The molecule has 1 rings (SSSR count). The lowest BCUT2D eigenvalue weighted by molar-refractivity contribution is 0.0218. The van der Waals surface area contributed by atoms with Gasteiger partial charge in [0.2, 0.25) is 0 Å². The van der Waals surface area contributed by atoms with Crippen molar-refractivity contribution in [3.8, 4) is 0 Å². The van der Waals surface area contributed by atoms with Crippen molar-refractivity contribution in [3.63, 3.8) is 0 Å². The Balaban J connectivity index is 1.99. The first-order chi connectivity index (χ1) is 7.74. The highest BCUT2D eigenvalue weighted by Gasteiger charge is 2.25. The lowest BCUT2D eigenvalue weighted by atomic mass is 10.3. The molecule has 3 unspecified atom stereocenters. The minimum atomic E-state index is -0.394. The molecule has 0 aliphatic carbocycles. The molecule has 1 aliphatic heterocycles. The number of aliphatic hydroxyl groups excluding tert-OH is 1. The second kappa shape index (κ2) is 8.31. The molecule has 0 aromatic heterocycles. The Bertz CT molecular complexity index is 179. The third kappa shape index (κ3) is 5.50. The Morgan fingerprint density at radius 2 is 2.31 bits per heavy atom. The van der Waals surface area contributed by atoms with Crippen LogP contribution in [0.5, 0.6) is 0 Å². The summed E-state index contributed by atoms with van der Waals surface area (Å²) in [5.74, 6) is 0.714. The maximum atomic E-state index is 9.67. The van der Waals surface area contributed by atoms with Crippen LogP contribution >= 0.6 is 11.8 Å². The van der Waals surface area contributed by atoms with E-state index in [1.54, 1.807) is 18.9 Å². The fourth-order valence-corrected chi connectivity index (χ4v) is 2.75. The Morgan fingerprint density at radius 1 is 1.50 bits per heavy atom. The Kier molecular flexibility index (Phi) is 7.40. The summed E-state index contributed by atoms with van der Waals surface area (Å²) in [5, 5.41) is 10.2. The molecular weight excluding hydrogens is 228 g/mol. The maximum absolute atomic E-state index is 9.67. The first-order valence-electron chi connectivity index (χ1n) is 5.72. The molecule has 1 saturated heterocycles. The molecule has 0 spiro atoms. The Morgan fingerprint density at radius 3 is 2.94 bits per heavy atom. The van der Waals surface area contributed by atoms with Crippen molar-refractivity contribution in [1.29, 1.82) is 0 Å². The summed E-state index contributed by atoms with van der Waals surface area (Å²) in [4.78, 5) is 0. The summed E-state index contributed by atoms with van der Waals surface area (Å²) in [6.07, 6.45) is 1.00. The molecule has 0 bridgehead atoms. The van der Waals surface area contributed by atoms with Gasteiger partial charge in [0.25, 0.3) is 0 Å². The molecule has 1 heterocycles. The van der Waals surface area contributed by atoms with Crippen molar-refractivity contribution < 1.29 is 19.3 Å². The van der Waals surface area contributed by atoms with Crippen LogP contribution in [-0.2, 0) is 14.2 Å². The molecule has 1 aliphatic rings. The largest absolute Gasteiger partial charge is 0.390 e. The van der Waals surface area contributed by atoms with E-state index < -0.39 is 6.10 Å². The SMILES string of the molecule is COCCOCC(O)CSC1CCOC1C. The number of ether oxygens (including phenoxy) is 3. The predicted octanol–water partition coefficient (Wildman–Crippen LogP) is 0.921. The normalized spacial score (nSPS) is 27.2. The van der Waals surface area contributed by atoms with Crippen LogP contribution in [0.1, 0.15) is 13.3 Å². The number of aliphatic hydroxyl groups is 1. The van der Waals surface area contributed by atoms with Crippen LogP contribution in [0, 0.1) is 0 Å². The van der Waals surface area contributed by atoms with Gasteiger partial charge >= 0.3 is 0 Å². The third-order valence-corrected chi connectivity index (χ3v) is 4.18. The quantitative estimate of drug-likeness (QED) is 0.649. The zero-order valence-corrected chi connectivity index (χ0v) is 10.9. The highest BCUT2D eigenvalue weighted by Crippen LogP contribution is 2.26. The zero-order valence-electron chi connectivity index (χ0n) is 10.1. The van der Waals surface area contributed by atoms with Gasteiger partial charge in [0.05, 0.1) is 32.0 Å². The van der Waals surface area contributed by atoms with Crippen LogP contribution in [0.4, 0.5) is 0 Å². The van der Waals surface area contributed by atoms with E-state index in [2.05, 4.69) is 6.92 Å². The molecular formula is C11H22O4S. The molecule has 0 amide bonds. The number of methoxy groups -OCH3 is 1. The summed E-state index contributed by atoms with van der Waals surface area (Å²) in [5.41, 5.74) is 0. The van der Waals surface area contributed by atoms with Gasteiger partial charge in [0, 0.05) is 24.7 Å². The molecule has 96 valence electrons. The third-order valence-electron chi connectivity index (χ3n) is 2.55. The van der Waals surface area contributed by atoms with Crippen LogP contribution in [0.15, 0.2) is 0 Å². The van der Waals surface area contributed by atoms with Gasteiger partial charge in [-0.25, -0.2) is 0 Å². The molecule has 1 fully saturated rings. The molecule has 0 aromatic rings. The molecule has 0 saturated carbocycles. The summed E-state index contributed by atoms with van der Waals surface area (Å²) in [7, 11) is 1.64. The van der Waals surface area contributed by atoms with Crippen molar-refractivity contribution in [1.82, 2.24) is 0 Å². The standard InChI is InChI=1S/C11H22O4S/c1-9-11(3-4-15-9)16-8-10(12)7-14-6-5-13-2/h9-12H,3-8H2,1-2H3. The monoisotopic (exact) mass is 250 g/mol. The zero-order chi connectivity index (χ0) is 11.8. The summed E-state index contributed by atoms with van der Waals surface area (Å²) in [6.45, 7) is 4.44. The van der Waals surface area contributed by atoms with Gasteiger partial charge < -0.3 is 19.3 Å². The fourth-order valence-electron chi connectivity index (χ4n) is 1.58. The van der Waals surface area contributed by atoms with Gasteiger partial charge in [-0.05, 0) is 13.3 Å². The van der Waals surface area contributed by atoms with Crippen molar-refractivity contribution in [2.24, 2.45) is 0 Å². The first kappa shape index (κ1) is 14.3. The van der Waals surface area contributed by atoms with Crippen LogP contribution < -0.4 is 0 Å². The van der Waals surface area contributed by atoms with E-state index in [9.17, 15) is 5.11 Å². The summed E-state index contributed by atoms with van der Waals surface area (Å²) in [6, 6.07) is 0. The summed E-state index contributed by atoms with van der Waals surface area (Å²) < 4.78 is 15.6. The van der Waals surface area contributed by atoms with Gasteiger partial charge in [-0.3, -0.25) is 0 Å². The molecule has 3 atom stereocenters. The second-order valence-corrected chi connectivity index (χ2v) is 5.23. The van der Waals surface area contributed by atoms with E-state index >= 15 is 0 Å². The number of rotatable bonds is 8. The average Bonchev–Trinajstić information content (AvgIpc) is 2.67. The fraction of sp³-hybridized carbons (Fsp3) is 1.00. The number of hydrogen-bond acceptors (Lipinski definition) is 5. The van der Waals surface area contributed by atoms with Crippen LogP contribution in [-0.4, -0.2) is 61.9 Å². The van der Waals surface area contributed by atoms with Crippen LogP contribution in [0.3, 0.4) is 0 Å². The molecule has 4 nitrogen and oxygen atoms in total. The van der Waals surface area contributed by atoms with Crippen molar-refractivity contribution in [3.05, 3.63) is 0 Å². The van der Waals surface area contributed by atoms with Gasteiger partial charge in [-0.2, -0.15) is 11.8 Å². The van der Waals surface area contributed by atoms with E-state index in [1.807, 2.05) is 0 Å². The molecule has 0 aromatic carbocycles. The van der Waals surface area contributed by atoms with Crippen molar-refractivity contribution >= 4 is 11.8 Å². The highest BCUT2D eigenvalue weighted by molar-refractivity contribution is 8.00. The minimum absolute atomic E-state index is 0.312. The predicted molar refractivity (Wildman–Crippen MR) is 65.0 cm³/mol. The molecule has 5 heteroatoms. The second-order valence-electron chi connectivity index (χ2n) is 3.96. The van der Waals surface area contributed by atoms with E-state index in [4.69, 9.17) is 14.2 Å². The van der Waals surface area contributed by atoms with E-state index in [-0.39, 0.29) is 0 Å².